The molecule has 0 unspecified atom stereocenters. The highest BCUT2D eigenvalue weighted by molar-refractivity contribution is 6.30. The van der Waals surface area contributed by atoms with Crippen molar-refractivity contribution in [2.45, 2.75) is 12.5 Å². The number of anilines is 1. The summed E-state index contributed by atoms with van der Waals surface area (Å²) in [6.45, 7) is 1.72. The van der Waals surface area contributed by atoms with Crippen molar-refractivity contribution in [3.05, 3.63) is 58.6 Å². The summed E-state index contributed by atoms with van der Waals surface area (Å²) in [6, 6.07) is 12.9. The third-order valence-corrected chi connectivity index (χ3v) is 4.84. The van der Waals surface area contributed by atoms with E-state index < -0.39 is 5.92 Å². The third kappa shape index (κ3) is 3.95. The van der Waals surface area contributed by atoms with Gasteiger partial charge in [-0.3, -0.25) is 4.90 Å². The van der Waals surface area contributed by atoms with Gasteiger partial charge in [-0.05, 0) is 23.8 Å². The highest BCUT2D eigenvalue weighted by Crippen LogP contribution is 2.31. The van der Waals surface area contributed by atoms with Gasteiger partial charge < -0.3 is 20.5 Å². The number of hydrogen-bond acceptors (Lipinski definition) is 4. The van der Waals surface area contributed by atoms with Crippen molar-refractivity contribution in [1.82, 2.24) is 4.90 Å². The molecule has 2 N–H and O–H groups in total. The fraction of sp³-hybridized carbons (Fsp3) is 0.250. The van der Waals surface area contributed by atoms with Crippen molar-refractivity contribution in [2.24, 2.45) is 0 Å². The van der Waals surface area contributed by atoms with Crippen LogP contribution in [0.5, 0.6) is 5.75 Å². The molecule has 0 saturated carbocycles. The fourth-order valence-electron chi connectivity index (χ4n) is 3.20. The lowest BCUT2D eigenvalue weighted by molar-refractivity contribution is 0.219. The van der Waals surface area contributed by atoms with Crippen molar-refractivity contribution in [1.29, 1.82) is 10.8 Å². The minimum atomic E-state index is -0.442. The van der Waals surface area contributed by atoms with Crippen LogP contribution in [0.15, 0.2) is 42.5 Å². The summed E-state index contributed by atoms with van der Waals surface area (Å²) >= 11 is 6.03. The molecule has 0 bridgehead atoms. The average Bonchev–Trinajstić information content (AvgIpc) is 3.03. The zero-order valence-electron chi connectivity index (χ0n) is 15.0. The number of rotatable bonds is 7. The number of methoxy groups -OCH3 is 1. The van der Waals surface area contributed by atoms with Crippen LogP contribution in [0.1, 0.15) is 17.0 Å². The lowest BCUT2D eigenvalue weighted by Crippen LogP contribution is -2.31. The van der Waals surface area contributed by atoms with Crippen molar-refractivity contribution in [3.8, 4) is 5.75 Å². The van der Waals surface area contributed by atoms with Crippen LogP contribution in [-0.4, -0.2) is 43.6 Å². The van der Waals surface area contributed by atoms with Crippen molar-refractivity contribution < 1.29 is 9.53 Å². The number of amides is 2. The summed E-state index contributed by atoms with van der Waals surface area (Å²) in [5.41, 5.74) is 2.46. The van der Waals surface area contributed by atoms with E-state index in [1.165, 1.54) is 12.4 Å². The molecule has 0 atom stereocenters. The van der Waals surface area contributed by atoms with Crippen LogP contribution < -0.4 is 9.64 Å². The van der Waals surface area contributed by atoms with Crippen molar-refractivity contribution in [2.75, 3.05) is 25.1 Å². The maximum atomic E-state index is 12.8. The monoisotopic (exact) mass is 384 g/mol. The molecule has 1 fully saturated rings. The molecule has 7 heteroatoms. The number of ether oxygens (including phenoxy) is 1. The molecule has 1 aliphatic rings. The van der Waals surface area contributed by atoms with E-state index in [2.05, 4.69) is 0 Å². The van der Waals surface area contributed by atoms with Gasteiger partial charge in [-0.1, -0.05) is 29.8 Å². The van der Waals surface area contributed by atoms with E-state index in [9.17, 15) is 4.79 Å². The van der Waals surface area contributed by atoms with E-state index >= 15 is 0 Å². The van der Waals surface area contributed by atoms with Gasteiger partial charge in [0.05, 0.1) is 13.0 Å². The normalized spacial score (nSPS) is 15.0. The number of urea groups is 1. The number of halogens is 1. The first kappa shape index (κ1) is 18.9. The Balaban J connectivity index is 1.80. The molecule has 0 radical (unpaired) electrons. The first-order valence-corrected chi connectivity index (χ1v) is 8.95. The van der Waals surface area contributed by atoms with E-state index in [0.29, 0.717) is 30.4 Å². The minimum Gasteiger partial charge on any atom is -0.496 e. The number of benzene rings is 2. The van der Waals surface area contributed by atoms with E-state index in [-0.39, 0.29) is 6.03 Å². The standard InChI is InChI=1S/C20H21ClN4O2/c1-27-19-10-17(5-6-18(19)15(11-22)12-23)25-8-7-24(20(25)26)13-14-3-2-4-16(21)9-14/h2-6,9-12,15,22-23H,7-8,13H2,1H3. The van der Waals surface area contributed by atoms with Crippen molar-refractivity contribution >= 4 is 35.7 Å². The van der Waals surface area contributed by atoms with Gasteiger partial charge >= 0.3 is 6.03 Å². The summed E-state index contributed by atoms with van der Waals surface area (Å²) in [5, 5.41) is 15.6. The molecular weight excluding hydrogens is 364 g/mol. The largest absolute Gasteiger partial charge is 0.496 e. The lowest BCUT2D eigenvalue weighted by atomic mass is 10.00. The van der Waals surface area contributed by atoms with Crippen molar-refractivity contribution in [3.63, 3.8) is 0 Å². The molecule has 140 valence electrons. The molecule has 3 rings (SSSR count). The van der Waals surface area contributed by atoms with E-state index in [4.69, 9.17) is 27.2 Å². The molecule has 2 aromatic rings. The Morgan fingerprint density at radius 1 is 1.19 bits per heavy atom. The van der Waals surface area contributed by atoms with Crippen LogP contribution in [0.2, 0.25) is 5.02 Å². The topological polar surface area (TPSA) is 80.5 Å². The molecule has 2 aromatic carbocycles. The Morgan fingerprint density at radius 3 is 2.63 bits per heavy atom. The highest BCUT2D eigenvalue weighted by Gasteiger charge is 2.30. The predicted octanol–water partition coefficient (Wildman–Crippen LogP) is 4.17. The Morgan fingerprint density at radius 2 is 1.96 bits per heavy atom. The SMILES string of the molecule is COc1cc(N2CCN(Cc3cccc(Cl)c3)C2=O)ccc1C(C=N)C=N. The molecule has 0 aliphatic carbocycles. The summed E-state index contributed by atoms with van der Waals surface area (Å²) in [6.07, 6.45) is 2.39. The highest BCUT2D eigenvalue weighted by atomic mass is 35.5. The molecule has 2 amide bonds. The molecule has 0 aromatic heterocycles. The molecule has 6 nitrogen and oxygen atoms in total. The number of nitrogens with one attached hydrogen (secondary N) is 2. The second kappa shape index (κ2) is 8.22. The first-order chi connectivity index (χ1) is 13.1. The van der Waals surface area contributed by atoms with Gasteiger partial charge in [-0.15, -0.1) is 0 Å². The molecular formula is C20H21ClN4O2. The molecule has 27 heavy (non-hydrogen) atoms. The maximum Gasteiger partial charge on any atom is 0.324 e. The summed E-state index contributed by atoms with van der Waals surface area (Å²) < 4.78 is 5.43. The zero-order valence-corrected chi connectivity index (χ0v) is 15.7. The van der Waals surface area contributed by atoms with Crippen LogP contribution >= 0.6 is 11.6 Å². The summed E-state index contributed by atoms with van der Waals surface area (Å²) in [7, 11) is 1.55. The second-order valence-electron chi connectivity index (χ2n) is 6.27. The molecule has 1 aliphatic heterocycles. The second-order valence-corrected chi connectivity index (χ2v) is 6.71. The van der Waals surface area contributed by atoms with Gasteiger partial charge in [0.15, 0.2) is 0 Å². The smallest absolute Gasteiger partial charge is 0.324 e. The van der Waals surface area contributed by atoms with Gasteiger partial charge in [0.1, 0.15) is 5.75 Å². The van der Waals surface area contributed by atoms with Gasteiger partial charge in [0.2, 0.25) is 0 Å². The summed E-state index contributed by atoms with van der Waals surface area (Å²) in [5.74, 6) is 0.119. The minimum absolute atomic E-state index is 0.0690. The number of carbonyl (C=O) groups is 1. The van der Waals surface area contributed by atoms with E-state index in [1.54, 1.807) is 23.0 Å². The lowest BCUT2D eigenvalue weighted by Gasteiger charge is -2.21. The zero-order chi connectivity index (χ0) is 19.4. The number of carbonyl (C=O) groups excluding carboxylic acids is 1. The average molecular weight is 385 g/mol. The van der Waals surface area contributed by atoms with Gasteiger partial charge in [-0.2, -0.15) is 0 Å². The van der Waals surface area contributed by atoms with Crippen LogP contribution in [0.4, 0.5) is 10.5 Å². The van der Waals surface area contributed by atoms with Crippen LogP contribution in [-0.2, 0) is 6.54 Å². The Labute approximate surface area is 163 Å². The molecule has 1 heterocycles. The fourth-order valence-corrected chi connectivity index (χ4v) is 3.41. The number of hydrogen-bond donors (Lipinski definition) is 2. The third-order valence-electron chi connectivity index (χ3n) is 4.60. The Hall–Kier alpha value is -2.86. The van der Waals surface area contributed by atoms with E-state index in [1.807, 2.05) is 36.4 Å². The predicted molar refractivity (Wildman–Crippen MR) is 108 cm³/mol. The van der Waals surface area contributed by atoms with Gasteiger partial charge in [-0.25, -0.2) is 4.79 Å². The van der Waals surface area contributed by atoms with Gasteiger partial charge in [0, 0.05) is 54.4 Å². The van der Waals surface area contributed by atoms with Gasteiger partial charge in [0.25, 0.3) is 0 Å². The molecule has 1 saturated heterocycles. The van der Waals surface area contributed by atoms with E-state index in [0.717, 1.165) is 16.8 Å². The maximum absolute atomic E-state index is 12.8. The molecule has 0 spiro atoms. The van der Waals surface area contributed by atoms with Crippen LogP contribution in [0, 0.1) is 10.8 Å². The summed E-state index contributed by atoms with van der Waals surface area (Å²) in [4.78, 5) is 16.3. The quantitative estimate of drug-likeness (QED) is 0.702. The van der Waals surface area contributed by atoms with Crippen LogP contribution in [0.25, 0.3) is 0 Å². The Bertz CT molecular complexity index is 863. The Kier molecular flexibility index (Phi) is 5.76. The number of nitrogens with zero attached hydrogens (tertiary/aromatic N) is 2. The van der Waals surface area contributed by atoms with Crippen LogP contribution in [0.3, 0.4) is 0 Å². The first-order valence-electron chi connectivity index (χ1n) is 8.57.